The van der Waals surface area contributed by atoms with Gasteiger partial charge in [-0.05, 0) is 18.4 Å². The molecule has 0 atom stereocenters. The summed E-state index contributed by atoms with van der Waals surface area (Å²) < 4.78 is 1.74. The van der Waals surface area contributed by atoms with Crippen LogP contribution < -0.4 is 11.1 Å². The predicted molar refractivity (Wildman–Crippen MR) is 80.6 cm³/mol. The zero-order chi connectivity index (χ0) is 13.1. The van der Waals surface area contributed by atoms with Gasteiger partial charge in [0.1, 0.15) is 4.99 Å². The number of aryl methyl sites for hydroxylation is 1. The van der Waals surface area contributed by atoms with Crippen LogP contribution in [0.4, 0.5) is 11.5 Å². The van der Waals surface area contributed by atoms with Crippen LogP contribution >= 0.6 is 24.0 Å². The summed E-state index contributed by atoms with van der Waals surface area (Å²) in [5.74, 6) is 0.772. The molecular weight excluding hydrogens is 264 g/mol. The van der Waals surface area contributed by atoms with Gasteiger partial charge in [-0.15, -0.1) is 11.8 Å². The highest BCUT2D eigenvalue weighted by molar-refractivity contribution is 7.98. The molecule has 0 amide bonds. The molecule has 0 unspecified atom stereocenters. The number of benzene rings is 1. The molecule has 0 bridgehead atoms. The highest BCUT2D eigenvalue weighted by Gasteiger charge is 2.11. The minimum atomic E-state index is 0.387. The van der Waals surface area contributed by atoms with Gasteiger partial charge in [-0.2, -0.15) is 5.10 Å². The van der Waals surface area contributed by atoms with Crippen molar-refractivity contribution in [1.82, 2.24) is 9.78 Å². The van der Waals surface area contributed by atoms with Crippen molar-refractivity contribution in [2.75, 3.05) is 11.6 Å². The quantitative estimate of drug-likeness (QED) is 0.665. The number of nitrogens with one attached hydrogen (secondary N) is 1. The van der Waals surface area contributed by atoms with Gasteiger partial charge in [-0.1, -0.05) is 18.3 Å². The number of hydrogen-bond donors (Lipinski definition) is 2. The average Bonchev–Trinajstić information content (AvgIpc) is 2.74. The van der Waals surface area contributed by atoms with E-state index in [-0.39, 0.29) is 0 Å². The molecule has 18 heavy (non-hydrogen) atoms. The zero-order valence-electron chi connectivity index (χ0n) is 10.2. The Hall–Kier alpha value is -1.53. The lowest BCUT2D eigenvalue weighted by molar-refractivity contribution is 0.771. The molecule has 2 aromatic rings. The summed E-state index contributed by atoms with van der Waals surface area (Å²) in [6.45, 7) is 0. The summed E-state index contributed by atoms with van der Waals surface area (Å²) in [7, 11) is 1.87. The maximum atomic E-state index is 5.80. The second-order valence-electron chi connectivity index (χ2n) is 3.75. The number of rotatable bonds is 4. The van der Waals surface area contributed by atoms with Crippen molar-refractivity contribution >= 4 is 40.5 Å². The third-order valence-electron chi connectivity index (χ3n) is 2.47. The Labute approximate surface area is 116 Å². The first-order chi connectivity index (χ1) is 8.61. The summed E-state index contributed by atoms with van der Waals surface area (Å²) >= 11 is 6.74. The van der Waals surface area contributed by atoms with E-state index in [4.69, 9.17) is 18.0 Å². The van der Waals surface area contributed by atoms with Gasteiger partial charge in [0.15, 0.2) is 5.82 Å². The van der Waals surface area contributed by atoms with Crippen molar-refractivity contribution in [2.24, 2.45) is 12.8 Å². The van der Waals surface area contributed by atoms with Crippen LogP contribution in [0.15, 0.2) is 35.4 Å². The van der Waals surface area contributed by atoms with Gasteiger partial charge in [0.05, 0.1) is 5.69 Å². The second-order valence-corrected chi connectivity index (χ2v) is 5.03. The van der Waals surface area contributed by atoms with Gasteiger partial charge >= 0.3 is 0 Å². The molecule has 0 spiro atoms. The molecule has 0 aliphatic rings. The number of hydrogen-bond acceptors (Lipinski definition) is 4. The van der Waals surface area contributed by atoms with Crippen LogP contribution in [0.5, 0.6) is 0 Å². The monoisotopic (exact) mass is 278 g/mol. The van der Waals surface area contributed by atoms with E-state index in [1.54, 1.807) is 16.4 Å². The van der Waals surface area contributed by atoms with Crippen molar-refractivity contribution in [3.8, 4) is 0 Å². The summed E-state index contributed by atoms with van der Waals surface area (Å²) in [5, 5.41) is 7.51. The van der Waals surface area contributed by atoms with Crippen molar-refractivity contribution in [3.05, 3.63) is 36.0 Å². The Bertz CT molecular complexity index is 577. The summed E-state index contributed by atoms with van der Waals surface area (Å²) in [6.07, 6.45) is 3.88. The molecule has 0 saturated carbocycles. The molecule has 1 aromatic heterocycles. The Kier molecular flexibility index (Phi) is 3.88. The Morgan fingerprint density at radius 3 is 2.78 bits per heavy atom. The number of nitrogens with zero attached hydrogens (tertiary/aromatic N) is 2. The van der Waals surface area contributed by atoms with E-state index in [0.29, 0.717) is 4.99 Å². The molecule has 0 aliphatic heterocycles. The van der Waals surface area contributed by atoms with Crippen LogP contribution in [-0.4, -0.2) is 21.0 Å². The molecule has 3 N–H and O–H groups in total. The van der Waals surface area contributed by atoms with Crippen LogP contribution in [-0.2, 0) is 7.05 Å². The van der Waals surface area contributed by atoms with Crippen molar-refractivity contribution in [3.63, 3.8) is 0 Å². The SMILES string of the molecule is CSc1cccc(Nc2ccn(C)n2)c1C(N)=S. The molecule has 94 valence electrons. The minimum absolute atomic E-state index is 0.387. The predicted octanol–water partition coefficient (Wildman–Crippen LogP) is 2.52. The third kappa shape index (κ3) is 2.65. The van der Waals surface area contributed by atoms with E-state index in [2.05, 4.69) is 10.4 Å². The van der Waals surface area contributed by atoms with E-state index < -0.39 is 0 Å². The molecular formula is C12H14N4S2. The first kappa shape index (κ1) is 12.9. The van der Waals surface area contributed by atoms with Gasteiger partial charge in [-0.25, -0.2) is 0 Å². The smallest absolute Gasteiger partial charge is 0.152 e. The van der Waals surface area contributed by atoms with E-state index in [9.17, 15) is 0 Å². The van der Waals surface area contributed by atoms with Gasteiger partial charge in [-0.3, -0.25) is 4.68 Å². The summed E-state index contributed by atoms with van der Waals surface area (Å²) in [4.78, 5) is 1.45. The van der Waals surface area contributed by atoms with Crippen LogP contribution in [0.3, 0.4) is 0 Å². The van der Waals surface area contributed by atoms with Crippen LogP contribution in [0.25, 0.3) is 0 Å². The highest BCUT2D eigenvalue weighted by Crippen LogP contribution is 2.28. The molecule has 4 nitrogen and oxygen atoms in total. The van der Waals surface area contributed by atoms with E-state index >= 15 is 0 Å². The van der Waals surface area contributed by atoms with Gasteiger partial charge in [0.25, 0.3) is 0 Å². The summed E-state index contributed by atoms with van der Waals surface area (Å²) in [6, 6.07) is 7.82. The zero-order valence-corrected chi connectivity index (χ0v) is 11.8. The lowest BCUT2D eigenvalue weighted by Crippen LogP contribution is -2.13. The molecule has 1 heterocycles. The Morgan fingerprint density at radius 2 is 2.22 bits per heavy atom. The van der Waals surface area contributed by atoms with E-state index in [0.717, 1.165) is 22.0 Å². The maximum Gasteiger partial charge on any atom is 0.152 e. The molecule has 0 fully saturated rings. The number of aromatic nitrogens is 2. The summed E-state index contributed by atoms with van der Waals surface area (Å²) in [5.41, 5.74) is 7.55. The number of thiocarbonyl (C=S) groups is 1. The van der Waals surface area contributed by atoms with E-state index in [1.165, 1.54) is 0 Å². The lowest BCUT2D eigenvalue weighted by Gasteiger charge is -2.12. The van der Waals surface area contributed by atoms with Crippen molar-refractivity contribution < 1.29 is 0 Å². The Balaban J connectivity index is 2.41. The fourth-order valence-electron chi connectivity index (χ4n) is 1.68. The molecule has 2 rings (SSSR count). The minimum Gasteiger partial charge on any atom is -0.389 e. The molecule has 0 radical (unpaired) electrons. The molecule has 0 aliphatic carbocycles. The van der Waals surface area contributed by atoms with Crippen LogP contribution in [0, 0.1) is 0 Å². The van der Waals surface area contributed by atoms with Crippen molar-refractivity contribution in [2.45, 2.75) is 4.90 Å². The first-order valence-electron chi connectivity index (χ1n) is 5.35. The standard InChI is InChI=1S/C12H14N4S2/c1-16-7-6-10(15-16)14-8-4-3-5-9(18-2)11(8)12(13)17/h3-7H,1-2H3,(H2,13,17)(H,14,15). The second kappa shape index (κ2) is 5.41. The topological polar surface area (TPSA) is 55.9 Å². The van der Waals surface area contributed by atoms with Crippen molar-refractivity contribution in [1.29, 1.82) is 0 Å². The number of nitrogens with two attached hydrogens (primary N) is 1. The van der Waals surface area contributed by atoms with Crippen LogP contribution in [0.1, 0.15) is 5.56 Å². The fourth-order valence-corrected chi connectivity index (χ4v) is 2.60. The number of anilines is 2. The molecule has 0 saturated heterocycles. The molecule has 1 aromatic carbocycles. The normalized spacial score (nSPS) is 10.3. The maximum absolute atomic E-state index is 5.80. The molecule has 6 heteroatoms. The third-order valence-corrected chi connectivity index (χ3v) is 3.45. The van der Waals surface area contributed by atoms with Gasteiger partial charge in [0.2, 0.25) is 0 Å². The van der Waals surface area contributed by atoms with Gasteiger partial charge < -0.3 is 11.1 Å². The lowest BCUT2D eigenvalue weighted by atomic mass is 10.1. The fraction of sp³-hybridized carbons (Fsp3) is 0.167. The first-order valence-corrected chi connectivity index (χ1v) is 6.98. The van der Waals surface area contributed by atoms with Gasteiger partial charge in [0, 0.05) is 29.8 Å². The highest BCUT2D eigenvalue weighted by atomic mass is 32.2. The Morgan fingerprint density at radius 1 is 1.44 bits per heavy atom. The average molecular weight is 278 g/mol. The van der Waals surface area contributed by atoms with E-state index in [1.807, 2.05) is 43.8 Å². The van der Waals surface area contributed by atoms with Crippen LogP contribution in [0.2, 0.25) is 0 Å². The largest absolute Gasteiger partial charge is 0.389 e. The number of thioether (sulfide) groups is 1.